The first-order valence-electron chi connectivity index (χ1n) is 8.73. The molecule has 0 aliphatic rings. The first-order valence-corrected chi connectivity index (χ1v) is 9.14. The van der Waals surface area contributed by atoms with E-state index in [4.69, 9.17) is 21.7 Å². The first-order chi connectivity index (χ1) is 13.6. The van der Waals surface area contributed by atoms with E-state index < -0.39 is 5.56 Å². The summed E-state index contributed by atoms with van der Waals surface area (Å²) in [5.74, 6) is 1.24. The number of aryl methyl sites for hydroxylation is 1. The van der Waals surface area contributed by atoms with E-state index in [9.17, 15) is 4.79 Å². The fraction of sp³-hybridized carbons (Fsp3) is 0.200. The van der Waals surface area contributed by atoms with Gasteiger partial charge in [0.25, 0.3) is 5.56 Å². The number of H-pyrrole nitrogens is 1. The van der Waals surface area contributed by atoms with Crippen LogP contribution in [0.15, 0.2) is 58.6 Å². The number of nitrogens with zero attached hydrogens (tertiary/aromatic N) is 3. The van der Waals surface area contributed by atoms with Crippen LogP contribution in [0.5, 0.6) is 11.5 Å². The summed E-state index contributed by atoms with van der Waals surface area (Å²) in [7, 11) is 0. The molecule has 0 atom stereocenters. The van der Waals surface area contributed by atoms with Crippen LogP contribution in [0, 0.1) is 11.7 Å². The van der Waals surface area contributed by atoms with Crippen molar-refractivity contribution < 1.29 is 9.47 Å². The monoisotopic (exact) mass is 396 g/mol. The molecular formula is C20H20N4O3S. The molecule has 0 spiro atoms. The highest BCUT2D eigenvalue weighted by molar-refractivity contribution is 7.71. The third kappa shape index (κ3) is 4.72. The highest BCUT2D eigenvalue weighted by atomic mass is 32.1. The largest absolute Gasteiger partial charge is 0.490 e. The van der Waals surface area contributed by atoms with E-state index in [1.807, 2.05) is 50.2 Å². The Hall–Kier alpha value is -3.26. The Morgan fingerprint density at radius 1 is 1.21 bits per heavy atom. The molecule has 0 fully saturated rings. The molecule has 7 nitrogen and oxygen atoms in total. The molecule has 0 saturated carbocycles. The first kappa shape index (κ1) is 19.5. The van der Waals surface area contributed by atoms with Crippen LogP contribution >= 0.6 is 12.2 Å². The number of nitrogens with one attached hydrogen (secondary N) is 1. The fourth-order valence-corrected chi connectivity index (χ4v) is 2.69. The maximum Gasteiger partial charge on any atom is 0.293 e. The molecule has 0 aliphatic heterocycles. The quantitative estimate of drug-likeness (QED) is 0.488. The number of rotatable bonds is 7. The van der Waals surface area contributed by atoms with Gasteiger partial charge < -0.3 is 9.47 Å². The van der Waals surface area contributed by atoms with Crippen LogP contribution in [0.2, 0.25) is 0 Å². The summed E-state index contributed by atoms with van der Waals surface area (Å²) in [6.07, 6.45) is 2.64. The lowest BCUT2D eigenvalue weighted by atomic mass is 10.1. The van der Waals surface area contributed by atoms with Gasteiger partial charge in [0.15, 0.2) is 11.5 Å². The van der Waals surface area contributed by atoms with E-state index in [0.29, 0.717) is 24.7 Å². The molecule has 8 heteroatoms. The molecular weight excluding hydrogens is 376 g/mol. The summed E-state index contributed by atoms with van der Waals surface area (Å²) in [6.45, 7) is 4.90. The van der Waals surface area contributed by atoms with Gasteiger partial charge in [-0.1, -0.05) is 24.3 Å². The number of ether oxygens (including phenoxy) is 2. The Morgan fingerprint density at radius 2 is 2.04 bits per heavy atom. The number of hydrogen-bond acceptors (Lipinski definition) is 6. The van der Waals surface area contributed by atoms with E-state index in [2.05, 4.69) is 15.3 Å². The Bertz CT molecular complexity index is 1080. The number of aromatic nitrogens is 3. The molecule has 0 bridgehead atoms. The Labute approximate surface area is 167 Å². The second-order valence-corrected chi connectivity index (χ2v) is 6.31. The van der Waals surface area contributed by atoms with Crippen molar-refractivity contribution in [1.82, 2.24) is 14.9 Å². The number of benzene rings is 2. The SMILES string of the molecule is CCOc1cc(/C=N\n2c(=O)cn[nH]c2=S)ccc1OCc1ccccc1C. The van der Waals surface area contributed by atoms with E-state index in [0.717, 1.165) is 22.0 Å². The summed E-state index contributed by atoms with van der Waals surface area (Å²) in [6, 6.07) is 13.5. The minimum Gasteiger partial charge on any atom is -0.490 e. The second kappa shape index (κ2) is 9.09. The van der Waals surface area contributed by atoms with E-state index in [-0.39, 0.29) is 4.77 Å². The molecule has 0 aliphatic carbocycles. The predicted molar refractivity (Wildman–Crippen MR) is 110 cm³/mol. The van der Waals surface area contributed by atoms with Gasteiger partial charge in [0.05, 0.1) is 12.8 Å². The highest BCUT2D eigenvalue weighted by Crippen LogP contribution is 2.29. The van der Waals surface area contributed by atoms with E-state index >= 15 is 0 Å². The molecule has 0 unspecified atom stereocenters. The smallest absolute Gasteiger partial charge is 0.293 e. The van der Waals surface area contributed by atoms with E-state index in [1.165, 1.54) is 11.8 Å². The van der Waals surface area contributed by atoms with Crippen LogP contribution in [-0.2, 0) is 6.61 Å². The van der Waals surface area contributed by atoms with Gasteiger partial charge in [-0.15, -0.1) is 0 Å². The van der Waals surface area contributed by atoms with Crippen LogP contribution in [-0.4, -0.2) is 27.7 Å². The lowest BCUT2D eigenvalue weighted by Gasteiger charge is -2.13. The van der Waals surface area contributed by atoms with Crippen molar-refractivity contribution in [3.63, 3.8) is 0 Å². The van der Waals surface area contributed by atoms with Gasteiger partial charge in [0, 0.05) is 0 Å². The Morgan fingerprint density at radius 3 is 2.79 bits per heavy atom. The van der Waals surface area contributed by atoms with Crippen LogP contribution in [0.25, 0.3) is 0 Å². The zero-order valence-corrected chi connectivity index (χ0v) is 16.4. The molecule has 28 heavy (non-hydrogen) atoms. The predicted octanol–water partition coefficient (Wildman–Crippen LogP) is 3.47. The van der Waals surface area contributed by atoms with Crippen molar-refractivity contribution in [2.24, 2.45) is 5.10 Å². The Balaban J connectivity index is 1.82. The van der Waals surface area contributed by atoms with Crippen molar-refractivity contribution in [2.75, 3.05) is 6.61 Å². The number of hydrogen-bond donors (Lipinski definition) is 1. The number of aromatic amines is 1. The van der Waals surface area contributed by atoms with Gasteiger partial charge in [-0.05, 0) is 61.0 Å². The van der Waals surface area contributed by atoms with Crippen molar-refractivity contribution in [2.45, 2.75) is 20.5 Å². The molecule has 1 aromatic heterocycles. The van der Waals surface area contributed by atoms with Crippen LogP contribution in [0.1, 0.15) is 23.6 Å². The molecule has 144 valence electrons. The minimum atomic E-state index is -0.414. The highest BCUT2D eigenvalue weighted by Gasteiger charge is 2.07. The van der Waals surface area contributed by atoms with E-state index in [1.54, 1.807) is 6.07 Å². The van der Waals surface area contributed by atoms with Crippen LogP contribution in [0.4, 0.5) is 0 Å². The minimum absolute atomic E-state index is 0.118. The molecule has 1 N–H and O–H groups in total. The maximum atomic E-state index is 11.8. The molecule has 0 amide bonds. The third-order valence-corrected chi connectivity index (χ3v) is 4.23. The van der Waals surface area contributed by atoms with Crippen molar-refractivity contribution in [3.05, 3.63) is 80.5 Å². The Kier molecular flexibility index (Phi) is 6.33. The lowest BCUT2D eigenvalue weighted by molar-refractivity contribution is 0.269. The molecule has 0 saturated heterocycles. The zero-order valence-electron chi connectivity index (χ0n) is 15.6. The molecule has 1 heterocycles. The van der Waals surface area contributed by atoms with Crippen molar-refractivity contribution in [3.8, 4) is 11.5 Å². The van der Waals surface area contributed by atoms with Crippen LogP contribution in [0.3, 0.4) is 0 Å². The molecule has 2 aromatic carbocycles. The van der Waals surface area contributed by atoms with Gasteiger partial charge in [-0.3, -0.25) is 9.89 Å². The average Bonchev–Trinajstić information content (AvgIpc) is 2.68. The zero-order chi connectivity index (χ0) is 19.9. The molecule has 3 aromatic rings. The average molecular weight is 396 g/mol. The summed E-state index contributed by atoms with van der Waals surface area (Å²) in [5, 5.41) is 10.3. The fourth-order valence-electron chi connectivity index (χ4n) is 2.50. The van der Waals surface area contributed by atoms with Gasteiger partial charge in [-0.25, -0.2) is 0 Å². The van der Waals surface area contributed by atoms with Crippen molar-refractivity contribution in [1.29, 1.82) is 0 Å². The second-order valence-electron chi connectivity index (χ2n) is 5.92. The van der Waals surface area contributed by atoms with Gasteiger partial charge >= 0.3 is 0 Å². The summed E-state index contributed by atoms with van der Waals surface area (Å²) < 4.78 is 12.8. The van der Waals surface area contributed by atoms with Gasteiger partial charge in [-0.2, -0.15) is 14.9 Å². The lowest BCUT2D eigenvalue weighted by Crippen LogP contribution is -2.18. The van der Waals surface area contributed by atoms with Crippen LogP contribution < -0.4 is 15.0 Å². The normalized spacial score (nSPS) is 10.9. The summed E-state index contributed by atoms with van der Waals surface area (Å²) in [4.78, 5) is 11.8. The molecule has 3 rings (SSSR count). The maximum absolute atomic E-state index is 11.8. The topological polar surface area (TPSA) is 81.5 Å². The summed E-state index contributed by atoms with van der Waals surface area (Å²) >= 11 is 5.02. The van der Waals surface area contributed by atoms with Crippen molar-refractivity contribution >= 4 is 18.4 Å². The third-order valence-electron chi connectivity index (χ3n) is 3.97. The summed E-state index contributed by atoms with van der Waals surface area (Å²) in [5.41, 5.74) is 2.61. The molecule has 0 radical (unpaired) electrons. The standard InChI is InChI=1S/C20H20N4O3S/c1-3-26-18-10-15(11-22-24-19(25)12-21-23-20(24)28)8-9-17(18)27-13-16-7-5-4-6-14(16)2/h4-12H,3,13H2,1-2H3,(H,23,28)/b22-11-. The van der Waals surface area contributed by atoms with Gasteiger partial charge in [0.1, 0.15) is 12.8 Å². The van der Waals surface area contributed by atoms with Gasteiger partial charge in [0.2, 0.25) is 4.77 Å².